The molecule has 1 atom stereocenters. The SMILES string of the molecule is COC1CCN(C(=O)c2cc(F)cnc2N)C1. The molecule has 2 rings (SSSR count). The molecule has 0 aromatic carbocycles. The number of rotatable bonds is 2. The van der Waals surface area contributed by atoms with Crippen molar-refractivity contribution in [3.63, 3.8) is 0 Å². The molecule has 5 nitrogen and oxygen atoms in total. The largest absolute Gasteiger partial charge is 0.383 e. The Kier molecular flexibility index (Phi) is 3.23. The number of hydrogen-bond donors (Lipinski definition) is 1. The van der Waals surface area contributed by atoms with Gasteiger partial charge in [0.1, 0.15) is 11.6 Å². The Hall–Kier alpha value is -1.69. The summed E-state index contributed by atoms with van der Waals surface area (Å²) in [5.41, 5.74) is 5.68. The third-order valence-corrected chi connectivity index (χ3v) is 2.88. The summed E-state index contributed by atoms with van der Waals surface area (Å²) in [6.45, 7) is 1.10. The van der Waals surface area contributed by atoms with E-state index in [-0.39, 0.29) is 23.4 Å². The molecule has 1 saturated heterocycles. The topological polar surface area (TPSA) is 68.5 Å². The van der Waals surface area contributed by atoms with Crippen molar-refractivity contribution < 1.29 is 13.9 Å². The fourth-order valence-electron chi connectivity index (χ4n) is 1.90. The Labute approximate surface area is 98.4 Å². The van der Waals surface area contributed by atoms with Gasteiger partial charge in [-0.25, -0.2) is 9.37 Å². The van der Waals surface area contributed by atoms with Crippen LogP contribution in [0.15, 0.2) is 12.3 Å². The summed E-state index contributed by atoms with van der Waals surface area (Å²) in [6, 6.07) is 1.12. The van der Waals surface area contributed by atoms with E-state index >= 15 is 0 Å². The van der Waals surface area contributed by atoms with Crippen LogP contribution in [0.25, 0.3) is 0 Å². The average Bonchev–Trinajstić information content (AvgIpc) is 2.80. The van der Waals surface area contributed by atoms with E-state index in [0.29, 0.717) is 13.1 Å². The van der Waals surface area contributed by atoms with Gasteiger partial charge in [0.05, 0.1) is 17.9 Å². The number of pyridine rings is 1. The Morgan fingerprint density at radius 1 is 1.71 bits per heavy atom. The van der Waals surface area contributed by atoms with Gasteiger partial charge >= 0.3 is 0 Å². The molecule has 92 valence electrons. The summed E-state index contributed by atoms with van der Waals surface area (Å²) in [6.07, 6.45) is 1.82. The molecular formula is C11H14FN3O2. The van der Waals surface area contributed by atoms with Crippen molar-refractivity contribution in [1.29, 1.82) is 0 Å². The molecule has 0 radical (unpaired) electrons. The second kappa shape index (κ2) is 4.67. The van der Waals surface area contributed by atoms with Crippen LogP contribution in [0.2, 0.25) is 0 Å². The quantitative estimate of drug-likeness (QED) is 0.823. The molecule has 0 saturated carbocycles. The molecule has 17 heavy (non-hydrogen) atoms. The van der Waals surface area contributed by atoms with E-state index in [4.69, 9.17) is 10.5 Å². The Morgan fingerprint density at radius 3 is 3.12 bits per heavy atom. The van der Waals surface area contributed by atoms with Gasteiger partial charge in [-0.15, -0.1) is 0 Å². The maximum Gasteiger partial charge on any atom is 0.257 e. The molecule has 1 aromatic rings. The van der Waals surface area contributed by atoms with E-state index in [0.717, 1.165) is 18.7 Å². The number of hydrogen-bond acceptors (Lipinski definition) is 4. The highest BCUT2D eigenvalue weighted by Crippen LogP contribution is 2.18. The summed E-state index contributed by atoms with van der Waals surface area (Å²) in [7, 11) is 1.61. The summed E-state index contributed by atoms with van der Waals surface area (Å²) in [5.74, 6) is -0.809. The molecule has 1 aliphatic heterocycles. The number of nitrogen functional groups attached to an aromatic ring is 1. The van der Waals surface area contributed by atoms with Crippen LogP contribution in [0.4, 0.5) is 10.2 Å². The minimum atomic E-state index is -0.565. The van der Waals surface area contributed by atoms with E-state index in [1.807, 2.05) is 0 Å². The maximum absolute atomic E-state index is 13.0. The van der Waals surface area contributed by atoms with E-state index in [1.165, 1.54) is 0 Å². The smallest absolute Gasteiger partial charge is 0.257 e. The number of likely N-dealkylation sites (tertiary alicyclic amines) is 1. The molecule has 2 N–H and O–H groups in total. The zero-order valence-corrected chi connectivity index (χ0v) is 9.52. The van der Waals surface area contributed by atoms with E-state index < -0.39 is 5.82 Å². The molecule has 6 heteroatoms. The zero-order chi connectivity index (χ0) is 12.4. The number of nitrogens with zero attached hydrogens (tertiary/aromatic N) is 2. The van der Waals surface area contributed by atoms with Crippen molar-refractivity contribution in [2.75, 3.05) is 25.9 Å². The Bertz CT molecular complexity index is 439. The minimum Gasteiger partial charge on any atom is -0.383 e. The van der Waals surface area contributed by atoms with Crippen LogP contribution >= 0.6 is 0 Å². The number of aromatic nitrogens is 1. The van der Waals surface area contributed by atoms with E-state index in [9.17, 15) is 9.18 Å². The average molecular weight is 239 g/mol. The van der Waals surface area contributed by atoms with Crippen LogP contribution in [-0.4, -0.2) is 42.1 Å². The lowest BCUT2D eigenvalue weighted by Gasteiger charge is -2.16. The number of nitrogens with two attached hydrogens (primary N) is 1. The van der Waals surface area contributed by atoms with Crippen LogP contribution in [-0.2, 0) is 4.74 Å². The highest BCUT2D eigenvalue weighted by Gasteiger charge is 2.28. The lowest BCUT2D eigenvalue weighted by atomic mass is 10.2. The van der Waals surface area contributed by atoms with Crippen molar-refractivity contribution in [3.8, 4) is 0 Å². The second-order valence-electron chi connectivity index (χ2n) is 3.98. The Balaban J connectivity index is 2.17. The first kappa shape index (κ1) is 11.8. The fourth-order valence-corrected chi connectivity index (χ4v) is 1.90. The summed E-state index contributed by atoms with van der Waals surface area (Å²) in [4.78, 5) is 17.3. The van der Waals surface area contributed by atoms with Gasteiger partial charge in [-0.1, -0.05) is 0 Å². The van der Waals surface area contributed by atoms with E-state index in [1.54, 1.807) is 12.0 Å². The Morgan fingerprint density at radius 2 is 2.47 bits per heavy atom. The number of amides is 1. The lowest BCUT2D eigenvalue weighted by molar-refractivity contribution is 0.0724. The highest BCUT2D eigenvalue weighted by atomic mass is 19.1. The van der Waals surface area contributed by atoms with Crippen molar-refractivity contribution >= 4 is 11.7 Å². The fraction of sp³-hybridized carbons (Fsp3) is 0.455. The number of anilines is 1. The van der Waals surface area contributed by atoms with Gasteiger partial charge < -0.3 is 15.4 Å². The second-order valence-corrected chi connectivity index (χ2v) is 3.98. The number of carbonyl (C=O) groups is 1. The zero-order valence-electron chi connectivity index (χ0n) is 9.52. The van der Waals surface area contributed by atoms with Crippen LogP contribution in [0.5, 0.6) is 0 Å². The molecule has 0 aliphatic carbocycles. The number of carbonyl (C=O) groups excluding carboxylic acids is 1. The van der Waals surface area contributed by atoms with Crippen LogP contribution in [0.1, 0.15) is 16.8 Å². The molecule has 1 fully saturated rings. The van der Waals surface area contributed by atoms with Crippen molar-refractivity contribution in [2.24, 2.45) is 0 Å². The molecule has 1 unspecified atom stereocenters. The predicted octanol–water partition coefficient (Wildman–Crippen LogP) is 0.664. The molecule has 1 aromatic heterocycles. The standard InChI is InChI=1S/C11H14FN3O2/c1-17-8-2-3-15(6-8)11(16)9-4-7(12)5-14-10(9)13/h4-5,8H,2-3,6H2,1H3,(H2,13,14). The van der Waals surface area contributed by atoms with Gasteiger partial charge in [-0.2, -0.15) is 0 Å². The normalized spacial score (nSPS) is 19.6. The monoisotopic (exact) mass is 239 g/mol. The number of halogens is 1. The molecule has 1 amide bonds. The van der Waals surface area contributed by atoms with Crippen LogP contribution < -0.4 is 5.73 Å². The molecule has 0 bridgehead atoms. The highest BCUT2D eigenvalue weighted by molar-refractivity contribution is 5.98. The first-order valence-electron chi connectivity index (χ1n) is 5.35. The number of ether oxygens (including phenoxy) is 1. The van der Waals surface area contributed by atoms with Gasteiger partial charge in [0.15, 0.2) is 0 Å². The van der Waals surface area contributed by atoms with Gasteiger partial charge in [0.25, 0.3) is 5.91 Å². The van der Waals surface area contributed by atoms with Crippen molar-refractivity contribution in [1.82, 2.24) is 9.88 Å². The third-order valence-electron chi connectivity index (χ3n) is 2.88. The summed E-state index contributed by atoms with van der Waals surface area (Å²) < 4.78 is 18.2. The summed E-state index contributed by atoms with van der Waals surface area (Å²) >= 11 is 0. The van der Waals surface area contributed by atoms with E-state index in [2.05, 4.69) is 4.98 Å². The van der Waals surface area contributed by atoms with Crippen molar-refractivity contribution in [2.45, 2.75) is 12.5 Å². The van der Waals surface area contributed by atoms with Crippen LogP contribution in [0.3, 0.4) is 0 Å². The first-order chi connectivity index (χ1) is 8.11. The predicted molar refractivity (Wildman–Crippen MR) is 59.9 cm³/mol. The maximum atomic E-state index is 13.0. The van der Waals surface area contributed by atoms with Gasteiger partial charge in [-0.05, 0) is 12.5 Å². The molecule has 1 aliphatic rings. The first-order valence-corrected chi connectivity index (χ1v) is 5.35. The molecular weight excluding hydrogens is 225 g/mol. The molecule has 0 spiro atoms. The number of methoxy groups -OCH3 is 1. The van der Waals surface area contributed by atoms with Gasteiger partial charge in [0.2, 0.25) is 0 Å². The third kappa shape index (κ3) is 2.36. The van der Waals surface area contributed by atoms with Crippen LogP contribution in [0, 0.1) is 5.82 Å². The lowest BCUT2D eigenvalue weighted by Crippen LogP contribution is -2.30. The van der Waals surface area contributed by atoms with Gasteiger partial charge in [-0.3, -0.25) is 4.79 Å². The summed E-state index contributed by atoms with van der Waals surface area (Å²) in [5, 5.41) is 0. The molecule has 2 heterocycles. The minimum absolute atomic E-state index is 0.0432. The van der Waals surface area contributed by atoms with Gasteiger partial charge in [0, 0.05) is 20.2 Å². The van der Waals surface area contributed by atoms with Crippen molar-refractivity contribution in [3.05, 3.63) is 23.6 Å².